The zero-order chi connectivity index (χ0) is 26.1. The molecule has 1 aliphatic rings. The number of aromatic nitrogens is 2. The summed E-state index contributed by atoms with van der Waals surface area (Å²) in [6, 6.07) is 23.2. The van der Waals surface area contributed by atoms with Gasteiger partial charge in [0.2, 0.25) is 0 Å². The molecule has 0 aliphatic carbocycles. The van der Waals surface area contributed by atoms with Crippen molar-refractivity contribution in [2.75, 3.05) is 19.1 Å². The van der Waals surface area contributed by atoms with Gasteiger partial charge in [0.15, 0.2) is 5.11 Å². The molecule has 1 aliphatic heterocycles. The van der Waals surface area contributed by atoms with Crippen molar-refractivity contribution in [3.8, 4) is 11.4 Å². The van der Waals surface area contributed by atoms with Crippen molar-refractivity contribution in [2.45, 2.75) is 25.9 Å². The number of anilines is 1. The Bertz CT molecular complexity index is 1430. The average Bonchev–Trinajstić information content (AvgIpc) is 3.43. The van der Waals surface area contributed by atoms with Crippen molar-refractivity contribution < 1.29 is 14.3 Å². The molecule has 4 aromatic rings. The summed E-state index contributed by atoms with van der Waals surface area (Å²) in [7, 11) is 3.04. The molecule has 1 fully saturated rings. The number of ether oxygens (including phenoxy) is 2. The second kappa shape index (κ2) is 10.1. The van der Waals surface area contributed by atoms with Gasteiger partial charge in [-0.3, -0.25) is 4.98 Å². The van der Waals surface area contributed by atoms with E-state index in [2.05, 4.69) is 39.7 Å². The van der Waals surface area contributed by atoms with Crippen LogP contribution in [0.5, 0.6) is 5.75 Å². The summed E-state index contributed by atoms with van der Waals surface area (Å²) < 4.78 is 12.4. The van der Waals surface area contributed by atoms with Gasteiger partial charge in [0, 0.05) is 29.0 Å². The van der Waals surface area contributed by atoms with Crippen LogP contribution in [0.3, 0.4) is 0 Å². The van der Waals surface area contributed by atoms with Gasteiger partial charge in [0.1, 0.15) is 5.75 Å². The first-order valence-electron chi connectivity index (χ1n) is 11.9. The van der Waals surface area contributed by atoms with Crippen LogP contribution >= 0.6 is 12.2 Å². The van der Waals surface area contributed by atoms with Gasteiger partial charge in [-0.05, 0) is 98.4 Å². The van der Waals surface area contributed by atoms with Crippen molar-refractivity contribution in [1.29, 1.82) is 0 Å². The van der Waals surface area contributed by atoms with E-state index in [1.54, 1.807) is 25.4 Å². The molecule has 0 spiro atoms. The van der Waals surface area contributed by atoms with Crippen LogP contribution in [0.1, 0.15) is 45.1 Å². The topological polar surface area (TPSA) is 68.6 Å². The minimum atomic E-state index is -0.355. The number of hydrogen-bond donors (Lipinski definition) is 1. The Morgan fingerprint density at radius 2 is 1.68 bits per heavy atom. The van der Waals surface area contributed by atoms with E-state index in [1.807, 2.05) is 54.6 Å². The molecule has 0 bridgehead atoms. The maximum absolute atomic E-state index is 11.9. The van der Waals surface area contributed by atoms with E-state index in [-0.39, 0.29) is 18.1 Å². The number of aryl methyl sites for hydroxylation is 1. The van der Waals surface area contributed by atoms with Crippen LogP contribution in [0.2, 0.25) is 0 Å². The molecule has 3 heterocycles. The van der Waals surface area contributed by atoms with Crippen LogP contribution in [0, 0.1) is 13.8 Å². The zero-order valence-corrected chi connectivity index (χ0v) is 22.0. The Balaban J connectivity index is 1.62. The number of carbonyl (C=O) groups excluding carboxylic acids is 1. The number of esters is 1. The van der Waals surface area contributed by atoms with Crippen LogP contribution in [-0.2, 0) is 4.74 Å². The molecular weight excluding hydrogens is 484 g/mol. The summed E-state index contributed by atoms with van der Waals surface area (Å²) in [6.07, 6.45) is 1.80. The van der Waals surface area contributed by atoms with E-state index >= 15 is 0 Å². The van der Waals surface area contributed by atoms with E-state index in [9.17, 15) is 4.79 Å². The second-order valence-corrected chi connectivity index (χ2v) is 9.28. The van der Waals surface area contributed by atoms with E-state index in [0.29, 0.717) is 10.7 Å². The molecule has 1 saturated heterocycles. The first kappa shape index (κ1) is 24.5. The zero-order valence-electron chi connectivity index (χ0n) is 21.1. The highest BCUT2D eigenvalue weighted by Gasteiger charge is 2.42. The summed E-state index contributed by atoms with van der Waals surface area (Å²) in [5, 5.41) is 4.16. The number of hydrogen-bond acceptors (Lipinski definition) is 5. The molecule has 1 N–H and O–H groups in total. The lowest BCUT2D eigenvalue weighted by Crippen LogP contribution is -2.29. The fraction of sp³-hybridized carbons (Fsp3) is 0.207. The van der Waals surface area contributed by atoms with Crippen LogP contribution in [0.25, 0.3) is 5.69 Å². The molecule has 0 amide bonds. The van der Waals surface area contributed by atoms with Crippen LogP contribution < -0.4 is 15.0 Å². The normalized spacial score (nSPS) is 17.0. The van der Waals surface area contributed by atoms with Gasteiger partial charge in [0.05, 0.1) is 37.6 Å². The highest BCUT2D eigenvalue weighted by atomic mass is 32.1. The monoisotopic (exact) mass is 512 g/mol. The lowest BCUT2D eigenvalue weighted by molar-refractivity contribution is 0.0600. The minimum Gasteiger partial charge on any atom is -0.497 e. The van der Waals surface area contributed by atoms with Crippen LogP contribution in [0.15, 0.2) is 79.0 Å². The molecule has 2 aromatic heterocycles. The Labute approximate surface area is 221 Å². The number of nitrogens with zero attached hydrogens (tertiary/aromatic N) is 3. The standard InChI is InChI=1S/C29H28N4O3S/c1-18-17-24(19(2)32(18)21-10-8-20(9-11-21)28(34)36-4)27-26(25-7-5-6-16-30-25)31-29(37)33(27)22-12-14-23(35-3)15-13-22/h5-17,26-27H,1-4H3,(H,31,37). The number of thiocarbonyl (C=S) groups is 1. The van der Waals surface area contributed by atoms with E-state index < -0.39 is 0 Å². The maximum atomic E-state index is 11.9. The first-order chi connectivity index (χ1) is 17.9. The molecule has 8 heteroatoms. The SMILES string of the molecule is COC(=O)c1ccc(-n2c(C)cc(C3C(c4ccccn4)NC(=S)N3c3ccc(OC)cc3)c2C)cc1. The second-order valence-electron chi connectivity index (χ2n) is 8.89. The van der Waals surface area contributed by atoms with Gasteiger partial charge in [-0.15, -0.1) is 0 Å². The Hall–Kier alpha value is -4.17. The third kappa shape index (κ3) is 4.44. The summed E-state index contributed by atoms with van der Waals surface area (Å²) in [6.45, 7) is 4.19. The maximum Gasteiger partial charge on any atom is 0.337 e. The highest BCUT2D eigenvalue weighted by Crippen LogP contribution is 2.44. The number of methoxy groups -OCH3 is 2. The Kier molecular flexibility index (Phi) is 6.67. The van der Waals surface area contributed by atoms with Crippen molar-refractivity contribution in [1.82, 2.24) is 14.9 Å². The lowest BCUT2D eigenvalue weighted by atomic mass is 9.96. The molecule has 188 valence electrons. The van der Waals surface area contributed by atoms with Gasteiger partial charge in [0.25, 0.3) is 0 Å². The average molecular weight is 513 g/mol. The quantitative estimate of drug-likeness (QED) is 0.272. The smallest absolute Gasteiger partial charge is 0.337 e. The van der Waals surface area contributed by atoms with E-state index in [4.69, 9.17) is 21.7 Å². The first-order valence-corrected chi connectivity index (χ1v) is 12.4. The van der Waals surface area contributed by atoms with Crippen LogP contribution in [0.4, 0.5) is 5.69 Å². The van der Waals surface area contributed by atoms with Gasteiger partial charge >= 0.3 is 5.97 Å². The number of rotatable bonds is 6. The Morgan fingerprint density at radius 1 is 0.973 bits per heavy atom. The molecule has 2 unspecified atom stereocenters. The third-order valence-electron chi connectivity index (χ3n) is 6.78. The summed E-state index contributed by atoms with van der Waals surface area (Å²) in [4.78, 5) is 18.7. The van der Waals surface area contributed by atoms with Crippen LogP contribution in [-0.4, -0.2) is 34.9 Å². The number of pyridine rings is 1. The molecule has 5 rings (SSSR count). The van der Waals surface area contributed by atoms with E-state index in [1.165, 1.54) is 7.11 Å². The predicted molar refractivity (Wildman–Crippen MR) is 148 cm³/mol. The summed E-state index contributed by atoms with van der Waals surface area (Å²) >= 11 is 5.87. The van der Waals surface area contributed by atoms with Gasteiger partial charge in [-0.2, -0.15) is 0 Å². The Morgan fingerprint density at radius 3 is 2.30 bits per heavy atom. The van der Waals surface area contributed by atoms with Gasteiger partial charge < -0.3 is 24.3 Å². The minimum absolute atomic E-state index is 0.134. The number of carbonyl (C=O) groups is 1. The third-order valence-corrected chi connectivity index (χ3v) is 7.10. The van der Waals surface area contributed by atoms with Crippen molar-refractivity contribution >= 4 is 29.0 Å². The number of nitrogens with one attached hydrogen (secondary N) is 1. The molecular formula is C29H28N4O3S. The molecule has 2 atom stereocenters. The highest BCUT2D eigenvalue weighted by molar-refractivity contribution is 7.80. The van der Waals surface area contributed by atoms with Crippen molar-refractivity contribution in [2.24, 2.45) is 0 Å². The summed E-state index contributed by atoms with van der Waals surface area (Å²) in [5.74, 6) is 0.431. The molecule has 0 radical (unpaired) electrons. The lowest BCUT2D eigenvalue weighted by Gasteiger charge is -2.28. The molecule has 0 saturated carbocycles. The van der Waals surface area contributed by atoms with E-state index in [0.717, 1.165) is 39.8 Å². The van der Waals surface area contributed by atoms with Crippen molar-refractivity contribution in [3.63, 3.8) is 0 Å². The largest absolute Gasteiger partial charge is 0.497 e. The fourth-order valence-corrected chi connectivity index (χ4v) is 5.39. The molecule has 7 nitrogen and oxygen atoms in total. The molecule has 2 aromatic carbocycles. The van der Waals surface area contributed by atoms with Crippen molar-refractivity contribution in [3.05, 3.63) is 107 Å². The summed E-state index contributed by atoms with van der Waals surface area (Å²) in [5.41, 5.74) is 6.65. The fourth-order valence-electron chi connectivity index (χ4n) is 5.04. The van der Waals surface area contributed by atoms with Gasteiger partial charge in [-0.25, -0.2) is 4.79 Å². The van der Waals surface area contributed by atoms with Gasteiger partial charge in [-0.1, -0.05) is 6.07 Å². The molecule has 37 heavy (non-hydrogen) atoms. The predicted octanol–water partition coefficient (Wildman–Crippen LogP) is 5.46. The number of benzene rings is 2.